The fourth-order valence-corrected chi connectivity index (χ4v) is 16.9. The molecule has 3 aromatic rings. The Balaban J connectivity index is 2.04. The average Bonchev–Trinajstić information content (AvgIpc) is 3.21. The van der Waals surface area contributed by atoms with Crippen molar-refractivity contribution in [2.75, 3.05) is 13.2 Å². The molecule has 0 aromatic heterocycles. The first-order valence-corrected chi connectivity index (χ1v) is 15.4. The Morgan fingerprint density at radius 2 is 1.19 bits per heavy atom. The molecule has 1 aliphatic heterocycles. The van der Waals surface area contributed by atoms with Gasteiger partial charge in [0.2, 0.25) is 0 Å². The summed E-state index contributed by atoms with van der Waals surface area (Å²) < 4.78 is 12.8. The molecule has 1 aliphatic rings. The van der Waals surface area contributed by atoms with E-state index >= 15 is 0 Å². The normalized spacial score (nSPS) is 18.5. The van der Waals surface area contributed by atoms with Gasteiger partial charge in [-0.15, -0.1) is 0 Å². The van der Waals surface area contributed by atoms with E-state index in [0.29, 0.717) is 12.5 Å². The zero-order valence-electron chi connectivity index (χ0n) is 15.4. The first kappa shape index (κ1) is 18.3. The molecule has 0 radical (unpaired) electrons. The van der Waals surface area contributed by atoms with Crippen molar-refractivity contribution >= 4 is 29.1 Å². The number of ether oxygens (including phenoxy) is 1. The van der Waals surface area contributed by atoms with Gasteiger partial charge in [0.05, 0.1) is 0 Å². The molecule has 3 aromatic carbocycles. The second-order valence-electron chi connectivity index (χ2n) is 6.98. The molecule has 1 unspecified atom stereocenters. The van der Waals surface area contributed by atoms with Gasteiger partial charge in [-0.3, -0.25) is 0 Å². The SMILES string of the molecule is C=CC1COC/C1=[CH]\[Sn]([c]1ccccc1)([c]1ccccc1)[c]1ccccc1. The zero-order valence-corrected chi connectivity index (χ0v) is 18.3. The molecule has 1 fully saturated rings. The van der Waals surface area contributed by atoms with Crippen molar-refractivity contribution in [3.8, 4) is 0 Å². The van der Waals surface area contributed by atoms with Gasteiger partial charge in [-0.1, -0.05) is 0 Å². The van der Waals surface area contributed by atoms with Gasteiger partial charge in [0.1, 0.15) is 0 Å². The molecule has 134 valence electrons. The Bertz CT molecular complexity index is 820. The quantitative estimate of drug-likeness (QED) is 0.420. The minimum atomic E-state index is -3.35. The van der Waals surface area contributed by atoms with Crippen LogP contribution in [0.4, 0.5) is 0 Å². The second kappa shape index (κ2) is 8.28. The molecule has 4 rings (SSSR count). The zero-order chi connectivity index (χ0) is 18.5. The van der Waals surface area contributed by atoms with Crippen LogP contribution in [0.1, 0.15) is 0 Å². The Labute approximate surface area is 165 Å². The van der Waals surface area contributed by atoms with Crippen LogP contribution in [-0.2, 0) is 4.74 Å². The van der Waals surface area contributed by atoms with E-state index < -0.39 is 18.4 Å². The Kier molecular flexibility index (Phi) is 5.60. The molecule has 0 N–H and O–H groups in total. The van der Waals surface area contributed by atoms with Crippen molar-refractivity contribution in [3.63, 3.8) is 0 Å². The molecule has 27 heavy (non-hydrogen) atoms. The summed E-state index contributed by atoms with van der Waals surface area (Å²) in [6, 6.07) is 33.2. The Hall–Kier alpha value is -2.10. The number of rotatable bonds is 5. The molecule has 1 heterocycles. The van der Waals surface area contributed by atoms with Crippen LogP contribution in [-0.4, -0.2) is 31.6 Å². The molecule has 0 aliphatic carbocycles. The molecule has 1 nitrogen and oxygen atoms in total. The minimum absolute atomic E-state index is 0.317. The van der Waals surface area contributed by atoms with Gasteiger partial charge in [0.25, 0.3) is 0 Å². The molecule has 0 saturated carbocycles. The standard InChI is InChI=1S/C7H9O.3C6H5.Sn/c1-3-7-5-8-4-6(7)2;3*1-2-4-6-5-3-1;/h2-3,7H,1,4-5H2;3*1-5H;. The van der Waals surface area contributed by atoms with Gasteiger partial charge < -0.3 is 0 Å². The van der Waals surface area contributed by atoms with E-state index in [1.54, 1.807) is 0 Å². The summed E-state index contributed by atoms with van der Waals surface area (Å²) in [5.41, 5.74) is 1.39. The molecule has 1 saturated heterocycles. The summed E-state index contributed by atoms with van der Waals surface area (Å²) in [6.07, 6.45) is 2.04. The number of hydrogen-bond acceptors (Lipinski definition) is 1. The first-order valence-electron chi connectivity index (χ1n) is 9.43. The van der Waals surface area contributed by atoms with E-state index in [-0.39, 0.29) is 0 Å². The molecule has 0 amide bonds. The van der Waals surface area contributed by atoms with Crippen molar-refractivity contribution in [2.24, 2.45) is 5.92 Å². The van der Waals surface area contributed by atoms with E-state index in [2.05, 4.69) is 102 Å². The van der Waals surface area contributed by atoms with E-state index in [1.807, 2.05) is 6.08 Å². The predicted octanol–water partition coefficient (Wildman–Crippen LogP) is 3.45. The van der Waals surface area contributed by atoms with E-state index in [0.717, 1.165) is 6.61 Å². The monoisotopic (exact) mass is 460 g/mol. The van der Waals surface area contributed by atoms with Gasteiger partial charge in [0, 0.05) is 0 Å². The van der Waals surface area contributed by atoms with Crippen LogP contribution in [0.2, 0.25) is 0 Å². The molecule has 0 bridgehead atoms. The summed E-state index contributed by atoms with van der Waals surface area (Å²) >= 11 is -3.35. The van der Waals surface area contributed by atoms with Gasteiger partial charge >= 0.3 is 166 Å². The Morgan fingerprint density at radius 3 is 1.59 bits per heavy atom. The van der Waals surface area contributed by atoms with Crippen molar-refractivity contribution < 1.29 is 4.74 Å². The van der Waals surface area contributed by atoms with Crippen LogP contribution in [0.3, 0.4) is 0 Å². The van der Waals surface area contributed by atoms with Crippen LogP contribution in [0.15, 0.2) is 113 Å². The van der Waals surface area contributed by atoms with Crippen molar-refractivity contribution in [1.82, 2.24) is 0 Å². The fraction of sp³-hybridized carbons (Fsp3) is 0.120. The summed E-state index contributed by atoms with van der Waals surface area (Å²) in [6.45, 7) is 5.50. The second-order valence-corrected chi connectivity index (χ2v) is 17.4. The molecular weight excluding hydrogens is 435 g/mol. The van der Waals surface area contributed by atoms with E-state index in [4.69, 9.17) is 4.74 Å². The summed E-state index contributed by atoms with van der Waals surface area (Å²) in [4.78, 5) is 0. The maximum absolute atomic E-state index is 5.81. The van der Waals surface area contributed by atoms with Gasteiger partial charge in [0.15, 0.2) is 0 Å². The molecular formula is C25H24OSn. The summed E-state index contributed by atoms with van der Waals surface area (Å²) in [5.74, 6) is 0.317. The van der Waals surface area contributed by atoms with Crippen LogP contribution < -0.4 is 10.7 Å². The fourth-order valence-electron chi connectivity index (χ4n) is 4.02. The maximum atomic E-state index is 5.81. The van der Waals surface area contributed by atoms with Crippen LogP contribution in [0, 0.1) is 5.92 Å². The van der Waals surface area contributed by atoms with Crippen molar-refractivity contribution in [1.29, 1.82) is 0 Å². The first-order chi connectivity index (χ1) is 13.3. The predicted molar refractivity (Wildman–Crippen MR) is 117 cm³/mol. The third-order valence-corrected chi connectivity index (χ3v) is 18.4. The summed E-state index contributed by atoms with van der Waals surface area (Å²) in [5, 5.41) is 0. The average molecular weight is 459 g/mol. The van der Waals surface area contributed by atoms with Crippen LogP contribution in [0.5, 0.6) is 0 Å². The molecule has 2 heteroatoms. The van der Waals surface area contributed by atoms with Gasteiger partial charge in [-0.05, 0) is 0 Å². The van der Waals surface area contributed by atoms with Gasteiger partial charge in [-0.25, -0.2) is 0 Å². The summed E-state index contributed by atoms with van der Waals surface area (Å²) in [7, 11) is 0. The van der Waals surface area contributed by atoms with Crippen LogP contribution in [0.25, 0.3) is 0 Å². The van der Waals surface area contributed by atoms with Crippen molar-refractivity contribution in [3.05, 3.63) is 113 Å². The van der Waals surface area contributed by atoms with E-state index in [1.165, 1.54) is 16.3 Å². The third kappa shape index (κ3) is 3.54. The topological polar surface area (TPSA) is 9.23 Å². The van der Waals surface area contributed by atoms with Crippen LogP contribution >= 0.6 is 0 Å². The van der Waals surface area contributed by atoms with E-state index in [9.17, 15) is 0 Å². The Morgan fingerprint density at radius 1 is 0.741 bits per heavy atom. The van der Waals surface area contributed by atoms with Gasteiger partial charge in [-0.2, -0.15) is 0 Å². The third-order valence-electron chi connectivity index (χ3n) is 5.42. The number of hydrogen-bond donors (Lipinski definition) is 0. The van der Waals surface area contributed by atoms with Crippen molar-refractivity contribution in [2.45, 2.75) is 0 Å². The molecule has 1 atom stereocenters. The molecule has 0 spiro atoms. The number of benzene rings is 3.